The van der Waals surface area contributed by atoms with Gasteiger partial charge < -0.3 is 0 Å². The van der Waals surface area contributed by atoms with E-state index in [2.05, 4.69) is 20.8 Å². The molecular weight excluding hydrogens is 184 g/mol. The molecule has 1 saturated carbocycles. The van der Waals surface area contributed by atoms with E-state index in [9.17, 15) is 4.79 Å². The maximum Gasteiger partial charge on any atom is 0.155 e. The second-order valence-electron chi connectivity index (χ2n) is 5.71. The van der Waals surface area contributed by atoms with Crippen LogP contribution >= 0.6 is 0 Å². The summed E-state index contributed by atoms with van der Waals surface area (Å²) in [7, 11) is 0. The maximum absolute atomic E-state index is 11.5. The van der Waals surface area contributed by atoms with Gasteiger partial charge in [-0.15, -0.1) is 0 Å². The topological polar surface area (TPSA) is 17.1 Å². The van der Waals surface area contributed by atoms with E-state index in [-0.39, 0.29) is 5.41 Å². The lowest BCUT2D eigenvalue weighted by Crippen LogP contribution is -2.36. The van der Waals surface area contributed by atoms with Gasteiger partial charge in [-0.1, -0.05) is 32.8 Å². The largest absolute Gasteiger partial charge is 0.295 e. The van der Waals surface area contributed by atoms with Crippen LogP contribution in [0.2, 0.25) is 0 Å². The number of ketones is 1. The minimum atomic E-state index is 0.258. The van der Waals surface area contributed by atoms with E-state index in [1.54, 1.807) is 0 Å². The standard InChI is InChI=1S/C14H22O/c1-4-11-7-5-10-6-8-12(15)9-13(10)14(11,2)3/h9-11H,4-8H2,1-3H3/t10-,11+/m1/s1. The van der Waals surface area contributed by atoms with Gasteiger partial charge in [-0.2, -0.15) is 0 Å². The summed E-state index contributed by atoms with van der Waals surface area (Å²) in [5, 5.41) is 0. The monoisotopic (exact) mass is 206 g/mol. The number of fused-ring (bicyclic) bond motifs is 1. The Labute approximate surface area is 92.9 Å². The molecule has 0 saturated heterocycles. The summed E-state index contributed by atoms with van der Waals surface area (Å²) in [5.74, 6) is 1.83. The molecule has 84 valence electrons. The number of rotatable bonds is 1. The highest BCUT2D eigenvalue weighted by molar-refractivity contribution is 5.91. The molecule has 2 aliphatic rings. The first-order valence-electron chi connectivity index (χ1n) is 6.30. The molecule has 0 bridgehead atoms. The predicted octanol–water partition coefficient (Wildman–Crippen LogP) is 3.74. The number of hydrogen-bond acceptors (Lipinski definition) is 1. The second-order valence-corrected chi connectivity index (χ2v) is 5.71. The number of carbonyl (C=O) groups excluding carboxylic acids is 1. The van der Waals surface area contributed by atoms with Crippen LogP contribution in [0.3, 0.4) is 0 Å². The fourth-order valence-electron chi connectivity index (χ4n) is 3.56. The normalized spacial score (nSPS) is 34.6. The molecule has 0 aliphatic heterocycles. The Morgan fingerprint density at radius 3 is 2.73 bits per heavy atom. The fraction of sp³-hybridized carbons (Fsp3) is 0.786. The van der Waals surface area contributed by atoms with E-state index >= 15 is 0 Å². The molecule has 0 unspecified atom stereocenters. The summed E-state index contributed by atoms with van der Waals surface area (Å²) in [6.07, 6.45) is 7.74. The van der Waals surface area contributed by atoms with Gasteiger partial charge in [-0.05, 0) is 42.6 Å². The van der Waals surface area contributed by atoms with Crippen molar-refractivity contribution < 1.29 is 4.79 Å². The van der Waals surface area contributed by atoms with Gasteiger partial charge in [0, 0.05) is 6.42 Å². The molecule has 0 radical (unpaired) electrons. The van der Waals surface area contributed by atoms with Gasteiger partial charge in [0.05, 0.1) is 0 Å². The van der Waals surface area contributed by atoms with E-state index in [1.165, 1.54) is 24.8 Å². The van der Waals surface area contributed by atoms with Gasteiger partial charge in [-0.25, -0.2) is 0 Å². The van der Waals surface area contributed by atoms with Crippen LogP contribution in [0.1, 0.15) is 52.9 Å². The molecule has 0 aromatic carbocycles. The van der Waals surface area contributed by atoms with Crippen molar-refractivity contribution in [2.75, 3.05) is 0 Å². The van der Waals surface area contributed by atoms with E-state index in [1.807, 2.05) is 6.08 Å². The van der Waals surface area contributed by atoms with Gasteiger partial charge >= 0.3 is 0 Å². The van der Waals surface area contributed by atoms with Gasteiger partial charge in [-0.3, -0.25) is 4.79 Å². The quantitative estimate of drug-likeness (QED) is 0.638. The zero-order valence-corrected chi connectivity index (χ0v) is 10.2. The average Bonchev–Trinajstić information content (AvgIpc) is 2.19. The first kappa shape index (κ1) is 10.9. The molecule has 1 heteroatoms. The Morgan fingerprint density at radius 1 is 1.33 bits per heavy atom. The van der Waals surface area contributed by atoms with Crippen molar-refractivity contribution in [1.29, 1.82) is 0 Å². The third-order valence-electron chi connectivity index (χ3n) is 4.62. The minimum absolute atomic E-state index is 0.258. The Kier molecular flexibility index (Phi) is 2.74. The van der Waals surface area contributed by atoms with Crippen LogP contribution in [0.5, 0.6) is 0 Å². The highest BCUT2D eigenvalue weighted by atomic mass is 16.1. The number of allylic oxidation sites excluding steroid dienone is 2. The average molecular weight is 206 g/mol. The molecule has 0 aromatic heterocycles. The molecule has 1 fully saturated rings. The summed E-state index contributed by atoms with van der Waals surface area (Å²) in [6.45, 7) is 6.94. The molecule has 0 amide bonds. The zero-order chi connectivity index (χ0) is 11.1. The van der Waals surface area contributed by atoms with Gasteiger partial charge in [0.2, 0.25) is 0 Å². The van der Waals surface area contributed by atoms with Crippen LogP contribution in [0.15, 0.2) is 11.6 Å². The van der Waals surface area contributed by atoms with Crippen LogP contribution in [0, 0.1) is 17.3 Å². The van der Waals surface area contributed by atoms with Crippen molar-refractivity contribution in [2.45, 2.75) is 52.9 Å². The molecule has 1 nitrogen and oxygen atoms in total. The van der Waals surface area contributed by atoms with Crippen LogP contribution < -0.4 is 0 Å². The third kappa shape index (κ3) is 1.77. The molecule has 2 rings (SSSR count). The van der Waals surface area contributed by atoms with Gasteiger partial charge in [0.25, 0.3) is 0 Å². The third-order valence-corrected chi connectivity index (χ3v) is 4.62. The maximum atomic E-state index is 11.5. The van der Waals surface area contributed by atoms with Gasteiger partial charge in [0.1, 0.15) is 0 Å². The highest BCUT2D eigenvalue weighted by Crippen LogP contribution is 2.51. The zero-order valence-electron chi connectivity index (χ0n) is 10.2. The number of carbonyl (C=O) groups is 1. The fourth-order valence-corrected chi connectivity index (χ4v) is 3.56. The molecule has 15 heavy (non-hydrogen) atoms. The summed E-state index contributed by atoms with van der Waals surface area (Å²) >= 11 is 0. The molecular formula is C14H22O. The van der Waals surface area contributed by atoms with Crippen molar-refractivity contribution >= 4 is 5.78 Å². The van der Waals surface area contributed by atoms with Crippen LogP contribution in [-0.4, -0.2) is 5.78 Å². The summed E-state index contributed by atoms with van der Waals surface area (Å²) < 4.78 is 0. The molecule has 0 spiro atoms. The first-order chi connectivity index (χ1) is 7.05. The molecule has 0 aromatic rings. The first-order valence-corrected chi connectivity index (χ1v) is 6.30. The Balaban J connectivity index is 2.33. The molecule has 0 N–H and O–H groups in total. The minimum Gasteiger partial charge on any atom is -0.295 e. The van der Waals surface area contributed by atoms with Gasteiger partial charge in [0.15, 0.2) is 5.78 Å². The lowest BCUT2D eigenvalue weighted by Gasteiger charge is -2.46. The predicted molar refractivity (Wildman–Crippen MR) is 62.6 cm³/mol. The summed E-state index contributed by atoms with van der Waals surface area (Å²) in [6, 6.07) is 0. The Hall–Kier alpha value is -0.590. The van der Waals surface area contributed by atoms with E-state index < -0.39 is 0 Å². The van der Waals surface area contributed by atoms with Crippen LogP contribution in [-0.2, 0) is 4.79 Å². The summed E-state index contributed by atoms with van der Waals surface area (Å²) in [4.78, 5) is 11.5. The van der Waals surface area contributed by atoms with E-state index in [0.717, 1.165) is 18.8 Å². The summed E-state index contributed by atoms with van der Waals surface area (Å²) in [5.41, 5.74) is 1.71. The molecule has 2 atom stereocenters. The van der Waals surface area contributed by atoms with E-state index in [4.69, 9.17) is 0 Å². The van der Waals surface area contributed by atoms with Crippen molar-refractivity contribution in [2.24, 2.45) is 17.3 Å². The van der Waals surface area contributed by atoms with E-state index in [0.29, 0.717) is 11.7 Å². The highest BCUT2D eigenvalue weighted by Gasteiger charge is 2.41. The van der Waals surface area contributed by atoms with Crippen molar-refractivity contribution in [3.05, 3.63) is 11.6 Å². The molecule has 2 aliphatic carbocycles. The lowest BCUT2D eigenvalue weighted by molar-refractivity contribution is -0.115. The van der Waals surface area contributed by atoms with Crippen LogP contribution in [0.25, 0.3) is 0 Å². The smallest absolute Gasteiger partial charge is 0.155 e. The Bertz CT molecular complexity index is 298. The Morgan fingerprint density at radius 2 is 2.07 bits per heavy atom. The van der Waals surface area contributed by atoms with Crippen LogP contribution in [0.4, 0.5) is 0 Å². The number of hydrogen-bond donors (Lipinski definition) is 0. The second kappa shape index (κ2) is 3.77. The lowest BCUT2D eigenvalue weighted by atomic mass is 9.59. The van der Waals surface area contributed by atoms with Crippen molar-refractivity contribution in [1.82, 2.24) is 0 Å². The van der Waals surface area contributed by atoms with Crippen molar-refractivity contribution in [3.63, 3.8) is 0 Å². The SMILES string of the molecule is CC[C@H]1CC[C@@H]2CCC(=O)C=C2C1(C)C. The molecule has 0 heterocycles. The van der Waals surface area contributed by atoms with Crippen molar-refractivity contribution in [3.8, 4) is 0 Å².